The van der Waals surface area contributed by atoms with Gasteiger partial charge < -0.3 is 19.7 Å². The first-order valence-corrected chi connectivity index (χ1v) is 13.2. The van der Waals surface area contributed by atoms with E-state index in [0.717, 1.165) is 24.1 Å². The van der Waals surface area contributed by atoms with Gasteiger partial charge in [-0.15, -0.1) is 0 Å². The van der Waals surface area contributed by atoms with Crippen LogP contribution in [0.5, 0.6) is 5.75 Å². The van der Waals surface area contributed by atoms with E-state index in [1.165, 1.54) is 18.5 Å². The monoisotopic (exact) mass is 556 g/mol. The predicted molar refractivity (Wildman–Crippen MR) is 146 cm³/mol. The van der Waals surface area contributed by atoms with Crippen molar-refractivity contribution >= 4 is 39.9 Å². The van der Waals surface area contributed by atoms with Gasteiger partial charge in [-0.1, -0.05) is 30.1 Å². The van der Waals surface area contributed by atoms with Crippen LogP contribution in [0.15, 0.2) is 42.9 Å². The molecule has 2 saturated heterocycles. The van der Waals surface area contributed by atoms with Crippen LogP contribution >= 0.6 is 23.2 Å². The molecule has 2 N–H and O–H groups in total. The molecule has 0 amide bonds. The van der Waals surface area contributed by atoms with Gasteiger partial charge in [-0.2, -0.15) is 5.10 Å². The summed E-state index contributed by atoms with van der Waals surface area (Å²) in [5.74, 6) is 0.574. The topological polar surface area (TPSA) is 88.2 Å². The molecule has 11 heteroatoms. The van der Waals surface area contributed by atoms with E-state index in [1.54, 1.807) is 6.20 Å². The number of anilines is 1. The minimum absolute atomic E-state index is 0.0177. The lowest BCUT2D eigenvalue weighted by Gasteiger charge is -2.53. The first-order chi connectivity index (χ1) is 18.3. The Bertz CT molecular complexity index is 1470. The maximum Gasteiger partial charge on any atom is 0.166 e. The summed E-state index contributed by atoms with van der Waals surface area (Å²) in [6.45, 7) is 7.75. The number of pyridine rings is 2. The SMILES string of the molecule is C[C@@H](Oc1ccc2[nH]nc(-c3cnc(N4CC(C)(C5COCCN5)C4)c(F)c3)c2c1)c1c(Cl)cncc1Cl. The second kappa shape index (κ2) is 9.96. The summed E-state index contributed by atoms with van der Waals surface area (Å²) >= 11 is 12.6. The highest BCUT2D eigenvalue weighted by atomic mass is 35.5. The van der Waals surface area contributed by atoms with Gasteiger partial charge in [0.2, 0.25) is 0 Å². The van der Waals surface area contributed by atoms with E-state index in [-0.39, 0.29) is 17.3 Å². The smallest absolute Gasteiger partial charge is 0.166 e. The molecular weight excluding hydrogens is 530 g/mol. The van der Waals surface area contributed by atoms with Gasteiger partial charge in [0.15, 0.2) is 11.6 Å². The molecule has 38 heavy (non-hydrogen) atoms. The van der Waals surface area contributed by atoms with Crippen LogP contribution in [-0.2, 0) is 4.74 Å². The van der Waals surface area contributed by atoms with Gasteiger partial charge in [0, 0.05) is 66.2 Å². The number of H-pyrrole nitrogens is 1. The lowest BCUT2D eigenvalue weighted by Crippen LogP contribution is -2.66. The molecule has 0 spiro atoms. The Kier molecular flexibility index (Phi) is 6.63. The lowest BCUT2D eigenvalue weighted by molar-refractivity contribution is 0.0157. The first kappa shape index (κ1) is 25.3. The second-order valence-electron chi connectivity index (χ2n) is 10.2. The van der Waals surface area contributed by atoms with Crippen molar-refractivity contribution in [2.45, 2.75) is 26.0 Å². The van der Waals surface area contributed by atoms with E-state index in [9.17, 15) is 0 Å². The van der Waals surface area contributed by atoms with Crippen molar-refractivity contribution in [1.29, 1.82) is 0 Å². The predicted octanol–water partition coefficient (Wildman–Crippen LogP) is 5.42. The number of hydrogen-bond donors (Lipinski definition) is 2. The van der Waals surface area contributed by atoms with Crippen molar-refractivity contribution in [1.82, 2.24) is 25.5 Å². The average molecular weight is 557 g/mol. The number of rotatable bonds is 6. The normalized spacial score (nSPS) is 19.8. The van der Waals surface area contributed by atoms with Gasteiger partial charge in [-0.25, -0.2) is 9.37 Å². The molecule has 2 aliphatic heterocycles. The number of morpholine rings is 1. The van der Waals surface area contributed by atoms with Gasteiger partial charge in [0.05, 0.1) is 28.8 Å². The van der Waals surface area contributed by atoms with Crippen LogP contribution in [0.3, 0.4) is 0 Å². The lowest BCUT2D eigenvalue weighted by atomic mass is 9.75. The van der Waals surface area contributed by atoms with Crippen molar-refractivity contribution in [3.05, 3.63) is 64.3 Å². The van der Waals surface area contributed by atoms with Crippen molar-refractivity contribution in [3.8, 4) is 17.0 Å². The number of fused-ring (bicyclic) bond motifs is 1. The number of nitrogens with zero attached hydrogens (tertiary/aromatic N) is 4. The highest BCUT2D eigenvalue weighted by molar-refractivity contribution is 6.35. The number of ether oxygens (including phenoxy) is 2. The average Bonchev–Trinajstić information content (AvgIpc) is 3.31. The third-order valence-corrected chi connectivity index (χ3v) is 8.01. The summed E-state index contributed by atoms with van der Waals surface area (Å²) in [4.78, 5) is 10.5. The fraction of sp³-hybridized carbons (Fsp3) is 0.370. The molecule has 4 aromatic rings. The maximum atomic E-state index is 15.3. The molecule has 6 rings (SSSR count). The Morgan fingerprint density at radius 3 is 2.68 bits per heavy atom. The number of halogens is 3. The number of hydrogen-bond acceptors (Lipinski definition) is 7. The fourth-order valence-electron chi connectivity index (χ4n) is 5.36. The minimum atomic E-state index is -0.415. The minimum Gasteiger partial charge on any atom is -0.486 e. The summed E-state index contributed by atoms with van der Waals surface area (Å²) in [5.41, 5.74) is 2.64. The Morgan fingerprint density at radius 2 is 1.97 bits per heavy atom. The van der Waals surface area contributed by atoms with Crippen LogP contribution < -0.4 is 15.0 Å². The molecule has 0 radical (unpaired) electrons. The Balaban J connectivity index is 1.22. The zero-order valence-electron chi connectivity index (χ0n) is 21.0. The van der Waals surface area contributed by atoms with E-state index in [1.807, 2.05) is 30.0 Å². The van der Waals surface area contributed by atoms with E-state index in [4.69, 9.17) is 32.7 Å². The Hall–Kier alpha value is -2.98. The molecule has 5 heterocycles. The van der Waals surface area contributed by atoms with Crippen LogP contribution in [0.2, 0.25) is 10.0 Å². The second-order valence-corrected chi connectivity index (χ2v) is 11.0. The molecule has 1 aromatic carbocycles. The number of benzene rings is 1. The summed E-state index contributed by atoms with van der Waals surface area (Å²) in [7, 11) is 0. The van der Waals surface area contributed by atoms with Crippen molar-refractivity contribution in [2.24, 2.45) is 5.41 Å². The van der Waals surface area contributed by atoms with Crippen molar-refractivity contribution in [2.75, 3.05) is 37.7 Å². The van der Waals surface area contributed by atoms with Crippen LogP contribution in [-0.4, -0.2) is 59.1 Å². The highest BCUT2D eigenvalue weighted by Crippen LogP contribution is 2.39. The molecule has 0 bridgehead atoms. The summed E-state index contributed by atoms with van der Waals surface area (Å²) in [5, 5.41) is 12.6. The molecule has 198 valence electrons. The number of aromatic amines is 1. The van der Waals surface area contributed by atoms with Gasteiger partial charge in [0.1, 0.15) is 17.5 Å². The quantitative estimate of drug-likeness (QED) is 0.327. The number of nitrogens with one attached hydrogen (secondary N) is 2. The molecule has 1 unspecified atom stereocenters. The van der Waals surface area contributed by atoms with Crippen molar-refractivity contribution < 1.29 is 13.9 Å². The van der Waals surface area contributed by atoms with Crippen LogP contribution in [0, 0.1) is 11.2 Å². The zero-order valence-corrected chi connectivity index (χ0v) is 22.5. The van der Waals surface area contributed by atoms with E-state index in [2.05, 4.69) is 32.4 Å². The van der Waals surface area contributed by atoms with Gasteiger partial charge in [-0.3, -0.25) is 10.1 Å². The third kappa shape index (κ3) is 4.58. The molecular formula is C27H27Cl2FN6O2. The van der Waals surface area contributed by atoms with E-state index in [0.29, 0.717) is 58.1 Å². The van der Waals surface area contributed by atoms with Gasteiger partial charge in [-0.05, 0) is 31.2 Å². The van der Waals surface area contributed by atoms with Crippen LogP contribution in [0.1, 0.15) is 25.5 Å². The third-order valence-electron chi connectivity index (χ3n) is 7.41. The Labute approximate surface area is 229 Å². The maximum absolute atomic E-state index is 15.3. The van der Waals surface area contributed by atoms with E-state index >= 15 is 4.39 Å². The van der Waals surface area contributed by atoms with Gasteiger partial charge in [0.25, 0.3) is 0 Å². The van der Waals surface area contributed by atoms with Crippen molar-refractivity contribution in [3.63, 3.8) is 0 Å². The molecule has 8 nitrogen and oxygen atoms in total. The van der Waals surface area contributed by atoms with Crippen LogP contribution in [0.4, 0.5) is 10.2 Å². The largest absolute Gasteiger partial charge is 0.486 e. The summed E-state index contributed by atoms with van der Waals surface area (Å²) < 4.78 is 27.1. The fourth-order valence-corrected chi connectivity index (χ4v) is 6.03. The van der Waals surface area contributed by atoms with E-state index < -0.39 is 6.10 Å². The first-order valence-electron chi connectivity index (χ1n) is 12.5. The molecule has 2 atom stereocenters. The van der Waals surface area contributed by atoms with Crippen LogP contribution in [0.25, 0.3) is 22.2 Å². The summed E-state index contributed by atoms with van der Waals surface area (Å²) in [6, 6.07) is 7.31. The standard InChI is InChI=1S/C27H27Cl2FN6O2/c1-15(24-19(28)10-31-11-20(24)29)38-17-3-4-22-18(8-17)25(35-34-22)16-7-21(30)26(33-9-16)36-13-27(2,14-36)23-12-37-6-5-32-23/h3-4,7-11,15,23,32H,5-6,12-14H2,1-2H3,(H,34,35)/t15-,23?/m1/s1. The molecule has 2 aliphatic rings. The van der Waals surface area contributed by atoms with Gasteiger partial charge >= 0.3 is 0 Å². The molecule has 3 aromatic heterocycles. The zero-order chi connectivity index (χ0) is 26.4. The number of aromatic nitrogens is 4. The molecule has 0 saturated carbocycles. The molecule has 0 aliphatic carbocycles. The Morgan fingerprint density at radius 1 is 1.18 bits per heavy atom. The molecule has 2 fully saturated rings. The summed E-state index contributed by atoms with van der Waals surface area (Å²) in [6.07, 6.45) is 4.32. The highest BCUT2D eigenvalue weighted by Gasteiger charge is 2.46.